The molecule has 0 aliphatic carbocycles. The van der Waals surface area contributed by atoms with Gasteiger partial charge in [0.2, 0.25) is 0 Å². The number of benzene rings is 1. The molecule has 0 amide bonds. The van der Waals surface area contributed by atoms with E-state index in [1.54, 1.807) is 0 Å². The molecule has 1 N–H and O–H groups in total. The first-order valence-corrected chi connectivity index (χ1v) is 5.98. The first kappa shape index (κ1) is 12.1. The Kier molecular flexibility index (Phi) is 3.20. The third-order valence-corrected chi connectivity index (χ3v) is 2.74. The number of esters is 1. The quantitative estimate of drug-likeness (QED) is 0.796. The van der Waals surface area contributed by atoms with Gasteiger partial charge < -0.3 is 10.1 Å². The largest absolute Gasteiger partial charge is 0.460 e. The minimum atomic E-state index is -0.409. The van der Waals surface area contributed by atoms with Gasteiger partial charge in [0.15, 0.2) is 0 Å². The van der Waals surface area contributed by atoms with E-state index in [0.717, 1.165) is 18.7 Å². The molecule has 17 heavy (non-hydrogen) atoms. The van der Waals surface area contributed by atoms with Crippen LogP contribution in [0.15, 0.2) is 18.2 Å². The molecule has 1 aromatic rings. The van der Waals surface area contributed by atoms with Crippen molar-refractivity contribution in [2.24, 2.45) is 0 Å². The summed E-state index contributed by atoms with van der Waals surface area (Å²) < 4.78 is 5.34. The molecule has 0 saturated heterocycles. The highest BCUT2D eigenvalue weighted by atomic mass is 16.6. The SMILES string of the molecule is CC(C)(C)OC(=O)Cc1cccc2c1CNC2. The second-order valence-electron chi connectivity index (χ2n) is 5.42. The Labute approximate surface area is 102 Å². The van der Waals surface area contributed by atoms with Crippen LogP contribution in [-0.2, 0) is 29.0 Å². The Morgan fingerprint density at radius 3 is 2.82 bits per heavy atom. The molecule has 2 rings (SSSR count). The van der Waals surface area contributed by atoms with Gasteiger partial charge in [0.05, 0.1) is 6.42 Å². The van der Waals surface area contributed by atoms with E-state index in [-0.39, 0.29) is 5.97 Å². The summed E-state index contributed by atoms with van der Waals surface area (Å²) >= 11 is 0. The van der Waals surface area contributed by atoms with Gasteiger partial charge in [-0.15, -0.1) is 0 Å². The van der Waals surface area contributed by atoms with E-state index < -0.39 is 5.60 Å². The number of nitrogens with one attached hydrogen (secondary N) is 1. The van der Waals surface area contributed by atoms with Crippen LogP contribution >= 0.6 is 0 Å². The fourth-order valence-electron chi connectivity index (χ4n) is 2.10. The first-order chi connectivity index (χ1) is 7.96. The van der Waals surface area contributed by atoms with Gasteiger partial charge >= 0.3 is 5.97 Å². The van der Waals surface area contributed by atoms with E-state index >= 15 is 0 Å². The average molecular weight is 233 g/mol. The van der Waals surface area contributed by atoms with Gasteiger partial charge in [-0.3, -0.25) is 4.79 Å². The number of hydrogen-bond acceptors (Lipinski definition) is 3. The van der Waals surface area contributed by atoms with Crippen molar-refractivity contribution in [1.82, 2.24) is 5.32 Å². The van der Waals surface area contributed by atoms with Gasteiger partial charge in [-0.2, -0.15) is 0 Å². The van der Waals surface area contributed by atoms with Crippen LogP contribution in [0.25, 0.3) is 0 Å². The van der Waals surface area contributed by atoms with Crippen molar-refractivity contribution >= 4 is 5.97 Å². The number of carbonyl (C=O) groups is 1. The Hall–Kier alpha value is -1.35. The lowest BCUT2D eigenvalue weighted by molar-refractivity contribution is -0.153. The maximum atomic E-state index is 11.8. The summed E-state index contributed by atoms with van der Waals surface area (Å²) in [4.78, 5) is 11.8. The molecular formula is C14H19NO2. The highest BCUT2D eigenvalue weighted by Crippen LogP contribution is 2.21. The number of fused-ring (bicyclic) bond motifs is 1. The molecule has 0 unspecified atom stereocenters. The highest BCUT2D eigenvalue weighted by molar-refractivity contribution is 5.73. The molecule has 3 heteroatoms. The van der Waals surface area contributed by atoms with E-state index in [9.17, 15) is 4.79 Å². The monoisotopic (exact) mass is 233 g/mol. The summed E-state index contributed by atoms with van der Waals surface area (Å²) in [5, 5.41) is 3.30. The number of rotatable bonds is 2. The lowest BCUT2D eigenvalue weighted by Crippen LogP contribution is -2.25. The van der Waals surface area contributed by atoms with Crippen molar-refractivity contribution in [2.45, 2.75) is 45.9 Å². The lowest BCUT2D eigenvalue weighted by Gasteiger charge is -2.19. The summed E-state index contributed by atoms with van der Waals surface area (Å²) in [6.45, 7) is 7.43. The van der Waals surface area contributed by atoms with Gasteiger partial charge in [0.25, 0.3) is 0 Å². The van der Waals surface area contributed by atoms with Crippen LogP contribution < -0.4 is 5.32 Å². The smallest absolute Gasteiger partial charge is 0.310 e. The van der Waals surface area contributed by atoms with Crippen molar-refractivity contribution in [3.63, 3.8) is 0 Å². The number of ether oxygens (including phenoxy) is 1. The second kappa shape index (κ2) is 4.49. The molecule has 0 bridgehead atoms. The number of carbonyl (C=O) groups excluding carboxylic acids is 1. The van der Waals surface area contributed by atoms with E-state index in [4.69, 9.17) is 4.74 Å². The lowest BCUT2D eigenvalue weighted by atomic mass is 10.0. The van der Waals surface area contributed by atoms with Crippen LogP contribution in [0.5, 0.6) is 0 Å². The minimum absolute atomic E-state index is 0.155. The first-order valence-electron chi connectivity index (χ1n) is 5.98. The summed E-state index contributed by atoms with van der Waals surface area (Å²) in [7, 11) is 0. The van der Waals surface area contributed by atoms with E-state index in [1.165, 1.54) is 11.1 Å². The third kappa shape index (κ3) is 3.07. The average Bonchev–Trinajstić information content (AvgIpc) is 2.63. The number of hydrogen-bond donors (Lipinski definition) is 1. The van der Waals surface area contributed by atoms with Gasteiger partial charge in [-0.1, -0.05) is 18.2 Å². The zero-order chi connectivity index (χ0) is 12.5. The van der Waals surface area contributed by atoms with E-state index in [2.05, 4.69) is 11.4 Å². The fourth-order valence-corrected chi connectivity index (χ4v) is 2.10. The normalized spacial score (nSPS) is 14.5. The molecule has 0 aromatic heterocycles. The molecule has 92 valence electrons. The Bertz CT molecular complexity index is 432. The molecule has 3 nitrogen and oxygen atoms in total. The predicted octanol–water partition coefficient (Wildman–Crippen LogP) is 2.17. The zero-order valence-electron chi connectivity index (χ0n) is 10.7. The topological polar surface area (TPSA) is 38.3 Å². The standard InChI is InChI=1S/C14H19NO2/c1-14(2,3)17-13(16)7-10-5-4-6-11-8-15-9-12(10)11/h4-6,15H,7-9H2,1-3H3. The molecule has 0 radical (unpaired) electrons. The van der Waals surface area contributed by atoms with Crippen LogP contribution in [0.2, 0.25) is 0 Å². The minimum Gasteiger partial charge on any atom is -0.460 e. The predicted molar refractivity (Wildman–Crippen MR) is 66.5 cm³/mol. The van der Waals surface area contributed by atoms with Crippen LogP contribution in [0.4, 0.5) is 0 Å². The second-order valence-corrected chi connectivity index (χ2v) is 5.42. The van der Waals surface area contributed by atoms with Crippen molar-refractivity contribution < 1.29 is 9.53 Å². The van der Waals surface area contributed by atoms with Gasteiger partial charge in [0.1, 0.15) is 5.60 Å². The van der Waals surface area contributed by atoms with Crippen molar-refractivity contribution in [2.75, 3.05) is 0 Å². The van der Waals surface area contributed by atoms with Crippen LogP contribution in [0.1, 0.15) is 37.5 Å². The maximum absolute atomic E-state index is 11.8. The fraction of sp³-hybridized carbons (Fsp3) is 0.500. The van der Waals surface area contributed by atoms with Gasteiger partial charge in [-0.05, 0) is 37.5 Å². The molecular weight excluding hydrogens is 214 g/mol. The van der Waals surface area contributed by atoms with Gasteiger partial charge in [-0.25, -0.2) is 0 Å². The maximum Gasteiger partial charge on any atom is 0.310 e. The molecule has 0 saturated carbocycles. The van der Waals surface area contributed by atoms with Crippen molar-refractivity contribution in [1.29, 1.82) is 0 Å². The zero-order valence-corrected chi connectivity index (χ0v) is 10.7. The van der Waals surface area contributed by atoms with Crippen LogP contribution in [-0.4, -0.2) is 11.6 Å². The molecule has 0 spiro atoms. The summed E-state index contributed by atoms with van der Waals surface area (Å²) in [5.41, 5.74) is 3.24. The van der Waals surface area contributed by atoms with Crippen molar-refractivity contribution in [3.8, 4) is 0 Å². The Balaban J connectivity index is 2.10. The third-order valence-electron chi connectivity index (χ3n) is 2.74. The highest BCUT2D eigenvalue weighted by Gasteiger charge is 2.19. The summed E-state index contributed by atoms with van der Waals surface area (Å²) in [6, 6.07) is 6.12. The Morgan fingerprint density at radius 1 is 1.35 bits per heavy atom. The Morgan fingerprint density at radius 2 is 2.12 bits per heavy atom. The molecule has 1 heterocycles. The summed E-state index contributed by atoms with van der Waals surface area (Å²) in [5.74, 6) is -0.155. The summed E-state index contributed by atoms with van der Waals surface area (Å²) in [6.07, 6.45) is 0.363. The molecule has 0 fully saturated rings. The molecule has 1 aliphatic heterocycles. The molecule has 0 atom stereocenters. The molecule has 1 aromatic carbocycles. The van der Waals surface area contributed by atoms with Crippen molar-refractivity contribution in [3.05, 3.63) is 34.9 Å². The van der Waals surface area contributed by atoms with E-state index in [1.807, 2.05) is 32.9 Å². The van der Waals surface area contributed by atoms with E-state index in [0.29, 0.717) is 6.42 Å². The van der Waals surface area contributed by atoms with Crippen LogP contribution in [0.3, 0.4) is 0 Å². The van der Waals surface area contributed by atoms with Gasteiger partial charge in [0, 0.05) is 13.1 Å². The van der Waals surface area contributed by atoms with Crippen LogP contribution in [0, 0.1) is 0 Å². The molecule has 1 aliphatic rings.